The van der Waals surface area contributed by atoms with Crippen molar-refractivity contribution in [1.29, 1.82) is 0 Å². The molecular weight excluding hydrogens is 266 g/mol. The lowest BCUT2D eigenvalue weighted by molar-refractivity contribution is -0.142. The molecule has 2 rings (SSSR count). The third-order valence-electron chi connectivity index (χ3n) is 3.87. The lowest BCUT2D eigenvalue weighted by Crippen LogP contribution is -2.42. The number of carbonyl (C=O) groups is 2. The second kappa shape index (κ2) is 6.74. The number of rotatable bonds is 6. The quantitative estimate of drug-likeness (QED) is 0.844. The molecule has 0 aromatic heterocycles. The van der Waals surface area contributed by atoms with Crippen LogP contribution in [0.15, 0.2) is 18.2 Å². The van der Waals surface area contributed by atoms with Crippen LogP contribution in [0.3, 0.4) is 0 Å². The zero-order valence-electron chi connectivity index (χ0n) is 12.7. The number of aryl methyl sites for hydroxylation is 2. The van der Waals surface area contributed by atoms with Gasteiger partial charge in [0.05, 0.1) is 6.42 Å². The van der Waals surface area contributed by atoms with Gasteiger partial charge in [0.2, 0.25) is 5.91 Å². The summed E-state index contributed by atoms with van der Waals surface area (Å²) < 4.78 is 0. The Hall–Kier alpha value is -1.84. The Balaban J connectivity index is 1.96. The summed E-state index contributed by atoms with van der Waals surface area (Å²) in [5, 5.41) is 11.8. The van der Waals surface area contributed by atoms with E-state index in [4.69, 9.17) is 5.11 Å². The maximum absolute atomic E-state index is 12.0. The van der Waals surface area contributed by atoms with Gasteiger partial charge in [0.1, 0.15) is 6.04 Å². The highest BCUT2D eigenvalue weighted by atomic mass is 16.4. The molecule has 1 aromatic rings. The number of carboxylic acid groups (broad SMARTS) is 1. The van der Waals surface area contributed by atoms with E-state index in [0.717, 1.165) is 18.4 Å². The first-order valence-corrected chi connectivity index (χ1v) is 7.58. The van der Waals surface area contributed by atoms with Crippen molar-refractivity contribution >= 4 is 11.9 Å². The summed E-state index contributed by atoms with van der Waals surface area (Å²) in [4.78, 5) is 23.2. The standard InChI is InChI=1S/C17H23NO3/c1-11(2)8-15(17(20)21)18-16(19)10-12-6-7-13-4-3-5-14(13)9-12/h6-7,9,11,15H,3-5,8,10H2,1-2H3,(H,18,19)(H,20,21). The molecule has 0 bridgehead atoms. The van der Waals surface area contributed by atoms with E-state index >= 15 is 0 Å². The molecule has 1 aliphatic rings. The minimum absolute atomic E-state index is 0.221. The van der Waals surface area contributed by atoms with Crippen molar-refractivity contribution < 1.29 is 14.7 Å². The van der Waals surface area contributed by atoms with E-state index in [1.165, 1.54) is 17.5 Å². The zero-order chi connectivity index (χ0) is 15.4. The molecule has 1 aromatic carbocycles. The smallest absolute Gasteiger partial charge is 0.326 e. The van der Waals surface area contributed by atoms with Gasteiger partial charge in [0.15, 0.2) is 0 Å². The Labute approximate surface area is 125 Å². The van der Waals surface area contributed by atoms with Crippen LogP contribution >= 0.6 is 0 Å². The van der Waals surface area contributed by atoms with Gasteiger partial charge in [-0.1, -0.05) is 32.0 Å². The Morgan fingerprint density at radius 1 is 1.24 bits per heavy atom. The Morgan fingerprint density at radius 3 is 2.62 bits per heavy atom. The predicted molar refractivity (Wildman–Crippen MR) is 81.2 cm³/mol. The van der Waals surface area contributed by atoms with Gasteiger partial charge >= 0.3 is 5.97 Å². The fourth-order valence-corrected chi connectivity index (χ4v) is 2.86. The summed E-state index contributed by atoms with van der Waals surface area (Å²) in [5.74, 6) is -0.960. The fraction of sp³-hybridized carbons (Fsp3) is 0.529. The molecule has 0 saturated heterocycles. The average molecular weight is 289 g/mol. The van der Waals surface area contributed by atoms with Crippen molar-refractivity contribution in [3.05, 3.63) is 34.9 Å². The lowest BCUT2D eigenvalue weighted by Gasteiger charge is -2.16. The van der Waals surface area contributed by atoms with Gasteiger partial charge in [-0.15, -0.1) is 0 Å². The fourth-order valence-electron chi connectivity index (χ4n) is 2.86. The molecule has 1 unspecified atom stereocenters. The maximum atomic E-state index is 12.0. The molecule has 1 atom stereocenters. The van der Waals surface area contributed by atoms with E-state index in [-0.39, 0.29) is 18.2 Å². The van der Waals surface area contributed by atoms with Crippen LogP contribution in [0.4, 0.5) is 0 Å². The topological polar surface area (TPSA) is 66.4 Å². The molecule has 0 radical (unpaired) electrons. The first-order valence-electron chi connectivity index (χ1n) is 7.58. The largest absolute Gasteiger partial charge is 0.480 e. The monoisotopic (exact) mass is 289 g/mol. The number of benzene rings is 1. The van der Waals surface area contributed by atoms with E-state index in [9.17, 15) is 9.59 Å². The van der Waals surface area contributed by atoms with Crippen molar-refractivity contribution in [2.45, 2.75) is 52.0 Å². The predicted octanol–water partition coefficient (Wildman–Crippen LogP) is 2.33. The van der Waals surface area contributed by atoms with Gasteiger partial charge in [-0.3, -0.25) is 4.79 Å². The number of hydrogen-bond acceptors (Lipinski definition) is 2. The van der Waals surface area contributed by atoms with Crippen molar-refractivity contribution in [2.24, 2.45) is 5.92 Å². The molecular formula is C17H23NO3. The Morgan fingerprint density at radius 2 is 1.95 bits per heavy atom. The van der Waals surface area contributed by atoms with Gasteiger partial charge in [0, 0.05) is 0 Å². The van der Waals surface area contributed by atoms with Gasteiger partial charge in [0.25, 0.3) is 0 Å². The van der Waals surface area contributed by atoms with Crippen molar-refractivity contribution in [2.75, 3.05) is 0 Å². The summed E-state index contributed by atoms with van der Waals surface area (Å²) in [6, 6.07) is 5.35. The van der Waals surface area contributed by atoms with Gasteiger partial charge in [-0.05, 0) is 48.3 Å². The second-order valence-corrected chi connectivity index (χ2v) is 6.22. The number of hydrogen-bond donors (Lipinski definition) is 2. The first kappa shape index (κ1) is 15.5. The summed E-state index contributed by atoms with van der Waals surface area (Å²) in [6.45, 7) is 3.89. The SMILES string of the molecule is CC(C)CC(NC(=O)Cc1ccc2c(c1)CCC2)C(=O)O. The van der Waals surface area contributed by atoms with Gasteiger partial charge < -0.3 is 10.4 Å². The minimum Gasteiger partial charge on any atom is -0.480 e. The van der Waals surface area contributed by atoms with E-state index in [2.05, 4.69) is 17.4 Å². The van der Waals surface area contributed by atoms with E-state index in [1.807, 2.05) is 19.9 Å². The third kappa shape index (κ3) is 4.31. The van der Waals surface area contributed by atoms with Crippen LogP contribution < -0.4 is 5.32 Å². The molecule has 0 aliphatic heterocycles. The number of fused-ring (bicyclic) bond motifs is 1. The number of amides is 1. The lowest BCUT2D eigenvalue weighted by atomic mass is 10.0. The molecule has 2 N–H and O–H groups in total. The summed E-state index contributed by atoms with van der Waals surface area (Å²) >= 11 is 0. The van der Waals surface area contributed by atoms with Gasteiger partial charge in [-0.25, -0.2) is 4.79 Å². The molecule has 4 nitrogen and oxygen atoms in total. The van der Waals surface area contributed by atoms with Crippen LogP contribution in [-0.2, 0) is 28.9 Å². The molecule has 1 amide bonds. The number of aliphatic carboxylic acids is 1. The van der Waals surface area contributed by atoms with Crippen LogP contribution in [0.1, 0.15) is 43.4 Å². The molecule has 0 spiro atoms. The Bertz CT molecular complexity index is 537. The van der Waals surface area contributed by atoms with Crippen LogP contribution in [-0.4, -0.2) is 23.0 Å². The molecule has 0 saturated carbocycles. The summed E-state index contributed by atoms with van der Waals surface area (Å²) in [5.41, 5.74) is 3.67. The van der Waals surface area contributed by atoms with Crippen molar-refractivity contribution in [3.63, 3.8) is 0 Å². The van der Waals surface area contributed by atoms with Crippen molar-refractivity contribution in [3.8, 4) is 0 Å². The summed E-state index contributed by atoms with van der Waals surface area (Å²) in [6.07, 6.45) is 4.08. The minimum atomic E-state index is -0.967. The number of carboxylic acids is 1. The zero-order valence-corrected chi connectivity index (χ0v) is 12.7. The van der Waals surface area contributed by atoms with E-state index < -0.39 is 12.0 Å². The Kier molecular flexibility index (Phi) is 4.99. The van der Waals surface area contributed by atoms with Crippen molar-refractivity contribution in [1.82, 2.24) is 5.32 Å². The van der Waals surface area contributed by atoms with Crippen LogP contribution in [0.2, 0.25) is 0 Å². The average Bonchev–Trinajstić information content (AvgIpc) is 2.84. The highest BCUT2D eigenvalue weighted by Gasteiger charge is 2.21. The maximum Gasteiger partial charge on any atom is 0.326 e. The van der Waals surface area contributed by atoms with Crippen LogP contribution in [0, 0.1) is 5.92 Å². The highest BCUT2D eigenvalue weighted by molar-refractivity contribution is 5.84. The molecule has 21 heavy (non-hydrogen) atoms. The number of nitrogens with one attached hydrogen (secondary N) is 1. The molecule has 114 valence electrons. The molecule has 1 aliphatic carbocycles. The highest BCUT2D eigenvalue weighted by Crippen LogP contribution is 2.23. The number of carbonyl (C=O) groups excluding carboxylic acids is 1. The first-order chi connectivity index (χ1) is 9.95. The molecule has 4 heteroatoms. The normalized spacial score (nSPS) is 14.8. The molecule has 0 fully saturated rings. The van der Waals surface area contributed by atoms with Crippen LogP contribution in [0.5, 0.6) is 0 Å². The van der Waals surface area contributed by atoms with E-state index in [0.29, 0.717) is 6.42 Å². The second-order valence-electron chi connectivity index (χ2n) is 6.22. The summed E-state index contributed by atoms with van der Waals surface area (Å²) in [7, 11) is 0. The third-order valence-corrected chi connectivity index (χ3v) is 3.87. The molecule has 0 heterocycles. The van der Waals surface area contributed by atoms with E-state index in [1.54, 1.807) is 0 Å². The van der Waals surface area contributed by atoms with Crippen LogP contribution in [0.25, 0.3) is 0 Å². The van der Waals surface area contributed by atoms with Gasteiger partial charge in [-0.2, -0.15) is 0 Å².